The van der Waals surface area contributed by atoms with Crippen LogP contribution >= 0.6 is 0 Å². The quantitative estimate of drug-likeness (QED) is 0.608. The normalized spacial score (nSPS) is 19.4. The number of hydrogen-bond acceptors (Lipinski definition) is 5. The van der Waals surface area contributed by atoms with E-state index in [9.17, 15) is 23.5 Å². The van der Waals surface area contributed by atoms with E-state index in [4.69, 9.17) is 9.47 Å². The number of carbonyl (C=O) groups excluding carboxylic acids is 2. The number of amides is 3. The molecule has 0 bridgehead atoms. The maximum absolute atomic E-state index is 13.6. The Labute approximate surface area is 184 Å². The number of imide groups is 1. The van der Waals surface area contributed by atoms with E-state index < -0.39 is 35.2 Å². The Bertz CT molecular complexity index is 1060. The molecule has 2 atom stereocenters. The fourth-order valence-corrected chi connectivity index (χ4v) is 3.41. The van der Waals surface area contributed by atoms with E-state index in [0.717, 1.165) is 22.6 Å². The van der Waals surface area contributed by atoms with Gasteiger partial charge in [0.05, 0.1) is 13.7 Å². The number of carbonyl (C=O) groups is 2. The number of hydrogen-bond donors (Lipinski definition) is 2. The Hall–Kier alpha value is -3.46. The number of rotatable bonds is 8. The SMILES string of the molecule is C/C=C/c1ccc(OCC(O)CN2C(=O)NC(C)(c3ccc(F)c(F)c3)C2=O)c(OC)c1. The second kappa shape index (κ2) is 9.35. The average molecular weight is 446 g/mol. The van der Waals surface area contributed by atoms with Crippen LogP contribution in [0.2, 0.25) is 0 Å². The number of aliphatic hydroxyl groups excluding tert-OH is 1. The van der Waals surface area contributed by atoms with Crippen molar-refractivity contribution in [2.75, 3.05) is 20.3 Å². The fourth-order valence-electron chi connectivity index (χ4n) is 3.41. The molecular formula is C23H24F2N2O5. The van der Waals surface area contributed by atoms with Crippen molar-refractivity contribution in [3.8, 4) is 11.5 Å². The molecule has 3 amide bonds. The summed E-state index contributed by atoms with van der Waals surface area (Å²) >= 11 is 0. The van der Waals surface area contributed by atoms with Crippen molar-refractivity contribution in [1.29, 1.82) is 0 Å². The Balaban J connectivity index is 1.67. The topological polar surface area (TPSA) is 88.1 Å². The van der Waals surface area contributed by atoms with Crippen LogP contribution in [-0.4, -0.2) is 48.3 Å². The second-order valence-electron chi connectivity index (χ2n) is 7.47. The van der Waals surface area contributed by atoms with Crippen LogP contribution < -0.4 is 14.8 Å². The zero-order valence-corrected chi connectivity index (χ0v) is 17.9. The number of urea groups is 1. The zero-order chi connectivity index (χ0) is 23.5. The van der Waals surface area contributed by atoms with E-state index in [0.29, 0.717) is 11.5 Å². The van der Waals surface area contributed by atoms with Crippen molar-refractivity contribution in [3.63, 3.8) is 0 Å². The van der Waals surface area contributed by atoms with Gasteiger partial charge in [0.2, 0.25) is 0 Å². The summed E-state index contributed by atoms with van der Waals surface area (Å²) in [5, 5.41) is 12.8. The molecular weight excluding hydrogens is 422 g/mol. The minimum absolute atomic E-state index is 0.0916. The number of nitrogens with zero attached hydrogens (tertiary/aromatic N) is 1. The lowest BCUT2D eigenvalue weighted by molar-refractivity contribution is -0.132. The number of allylic oxidation sites excluding steroid dienone is 1. The maximum Gasteiger partial charge on any atom is 0.325 e. The van der Waals surface area contributed by atoms with E-state index in [-0.39, 0.29) is 18.7 Å². The average Bonchev–Trinajstić information content (AvgIpc) is 2.98. The molecule has 2 aromatic rings. The molecule has 170 valence electrons. The lowest BCUT2D eigenvalue weighted by Gasteiger charge is -2.23. The molecule has 2 N–H and O–H groups in total. The second-order valence-corrected chi connectivity index (χ2v) is 7.47. The van der Waals surface area contributed by atoms with Gasteiger partial charge in [0.15, 0.2) is 23.1 Å². The highest BCUT2D eigenvalue weighted by atomic mass is 19.2. The minimum atomic E-state index is -1.59. The number of methoxy groups -OCH3 is 1. The van der Waals surface area contributed by atoms with Gasteiger partial charge >= 0.3 is 6.03 Å². The van der Waals surface area contributed by atoms with Gasteiger partial charge in [0, 0.05) is 0 Å². The summed E-state index contributed by atoms with van der Waals surface area (Å²) in [5.74, 6) is -2.03. The summed E-state index contributed by atoms with van der Waals surface area (Å²) in [6.45, 7) is 2.72. The summed E-state index contributed by atoms with van der Waals surface area (Å²) in [4.78, 5) is 26.1. The Morgan fingerprint density at radius 2 is 1.91 bits per heavy atom. The molecule has 1 fully saturated rings. The van der Waals surface area contributed by atoms with Crippen LogP contribution in [0.15, 0.2) is 42.5 Å². The molecule has 0 spiro atoms. The van der Waals surface area contributed by atoms with Crippen LogP contribution in [0.3, 0.4) is 0 Å². The van der Waals surface area contributed by atoms with Crippen molar-refractivity contribution < 1.29 is 33.0 Å². The molecule has 1 saturated heterocycles. The minimum Gasteiger partial charge on any atom is -0.493 e. The van der Waals surface area contributed by atoms with Gasteiger partial charge in [0.25, 0.3) is 5.91 Å². The molecule has 1 heterocycles. The molecule has 3 rings (SSSR count). The highest BCUT2D eigenvalue weighted by molar-refractivity contribution is 6.07. The third-order valence-corrected chi connectivity index (χ3v) is 5.14. The van der Waals surface area contributed by atoms with Gasteiger partial charge in [-0.15, -0.1) is 0 Å². The lowest BCUT2D eigenvalue weighted by atomic mass is 9.92. The Morgan fingerprint density at radius 1 is 1.16 bits per heavy atom. The monoisotopic (exact) mass is 446 g/mol. The van der Waals surface area contributed by atoms with Crippen molar-refractivity contribution in [2.45, 2.75) is 25.5 Å². The van der Waals surface area contributed by atoms with Crippen molar-refractivity contribution in [1.82, 2.24) is 10.2 Å². The summed E-state index contributed by atoms with van der Waals surface area (Å²) in [6, 6.07) is 7.49. The summed E-state index contributed by atoms with van der Waals surface area (Å²) < 4.78 is 37.8. The van der Waals surface area contributed by atoms with Gasteiger partial charge in [-0.25, -0.2) is 13.6 Å². The highest BCUT2D eigenvalue weighted by Gasteiger charge is 2.49. The van der Waals surface area contributed by atoms with Crippen molar-refractivity contribution >= 4 is 18.0 Å². The number of halogens is 2. The van der Waals surface area contributed by atoms with Crippen LogP contribution in [0.4, 0.5) is 13.6 Å². The molecule has 0 aliphatic carbocycles. The van der Waals surface area contributed by atoms with Gasteiger partial charge in [-0.05, 0) is 49.2 Å². The predicted octanol–water partition coefficient (Wildman–Crippen LogP) is 3.21. The molecule has 0 saturated carbocycles. The van der Waals surface area contributed by atoms with E-state index in [1.807, 2.05) is 25.1 Å². The van der Waals surface area contributed by atoms with Crippen LogP contribution in [-0.2, 0) is 10.3 Å². The van der Waals surface area contributed by atoms with Crippen LogP contribution in [0.1, 0.15) is 25.0 Å². The molecule has 1 aliphatic rings. The first kappa shape index (κ1) is 23.2. The Kier molecular flexibility index (Phi) is 6.78. The molecule has 9 heteroatoms. The Morgan fingerprint density at radius 3 is 2.56 bits per heavy atom. The first-order valence-electron chi connectivity index (χ1n) is 9.90. The standard InChI is InChI=1S/C23H24F2N2O5/c1-4-5-14-6-9-19(20(10-14)31-3)32-13-16(28)12-27-21(29)23(2,26-22(27)30)15-7-8-17(24)18(25)11-15/h4-11,16,28H,12-13H2,1-3H3,(H,26,30)/b5-4+. The number of ether oxygens (including phenoxy) is 2. The molecule has 2 unspecified atom stereocenters. The smallest absolute Gasteiger partial charge is 0.325 e. The van der Waals surface area contributed by atoms with Crippen molar-refractivity contribution in [3.05, 3.63) is 65.2 Å². The third-order valence-electron chi connectivity index (χ3n) is 5.14. The van der Waals surface area contributed by atoms with Gasteiger partial charge in [-0.1, -0.05) is 24.3 Å². The lowest BCUT2D eigenvalue weighted by Crippen LogP contribution is -2.42. The number of nitrogens with one attached hydrogen (secondary N) is 1. The van der Waals surface area contributed by atoms with Crippen LogP contribution in [0.25, 0.3) is 6.08 Å². The van der Waals surface area contributed by atoms with Gasteiger partial charge in [0.1, 0.15) is 18.2 Å². The first-order valence-corrected chi connectivity index (χ1v) is 9.90. The van der Waals surface area contributed by atoms with Gasteiger partial charge in [-0.3, -0.25) is 9.69 Å². The molecule has 2 aromatic carbocycles. The van der Waals surface area contributed by atoms with E-state index in [1.165, 1.54) is 20.1 Å². The first-order chi connectivity index (χ1) is 15.2. The van der Waals surface area contributed by atoms with Crippen molar-refractivity contribution in [2.24, 2.45) is 0 Å². The highest BCUT2D eigenvalue weighted by Crippen LogP contribution is 2.31. The van der Waals surface area contributed by atoms with Crippen LogP contribution in [0, 0.1) is 11.6 Å². The van der Waals surface area contributed by atoms with Crippen LogP contribution in [0.5, 0.6) is 11.5 Å². The summed E-state index contributed by atoms with van der Waals surface area (Å²) in [5.41, 5.74) is -0.583. The predicted molar refractivity (Wildman–Crippen MR) is 113 cm³/mol. The van der Waals surface area contributed by atoms with E-state index in [1.54, 1.807) is 12.1 Å². The number of aliphatic hydroxyl groups is 1. The molecule has 32 heavy (non-hydrogen) atoms. The van der Waals surface area contributed by atoms with E-state index >= 15 is 0 Å². The van der Waals surface area contributed by atoms with E-state index in [2.05, 4.69) is 5.32 Å². The molecule has 0 radical (unpaired) electrons. The van der Waals surface area contributed by atoms with Gasteiger partial charge < -0.3 is 19.9 Å². The number of β-amino-alcohol motifs (C(OH)–C–C–N with tert-alkyl or cyclic N) is 1. The molecule has 1 aliphatic heterocycles. The largest absolute Gasteiger partial charge is 0.493 e. The maximum atomic E-state index is 13.6. The number of benzene rings is 2. The zero-order valence-electron chi connectivity index (χ0n) is 17.9. The third kappa shape index (κ3) is 4.57. The molecule has 7 nitrogen and oxygen atoms in total. The summed E-state index contributed by atoms with van der Waals surface area (Å²) in [7, 11) is 1.49. The molecule has 0 aromatic heterocycles. The van der Waals surface area contributed by atoms with Gasteiger partial charge in [-0.2, -0.15) is 0 Å². The summed E-state index contributed by atoms with van der Waals surface area (Å²) in [6.07, 6.45) is 2.57. The fraction of sp³-hybridized carbons (Fsp3) is 0.304.